The molecule has 6 nitrogen and oxygen atoms in total. The minimum Gasteiger partial charge on any atom is -0.710 e. The van der Waals surface area contributed by atoms with Gasteiger partial charge in [-0.25, -0.2) is 4.73 Å². The van der Waals surface area contributed by atoms with Gasteiger partial charge in [-0.2, -0.15) is 0 Å². The van der Waals surface area contributed by atoms with Crippen LogP contribution in [0.4, 0.5) is 11.5 Å². The quantitative estimate of drug-likeness (QED) is 0.330. The molecule has 0 radical (unpaired) electrons. The fraction of sp³-hybridized carbons (Fsp3) is 0.375. The van der Waals surface area contributed by atoms with Crippen molar-refractivity contribution in [1.29, 1.82) is 0 Å². The van der Waals surface area contributed by atoms with E-state index in [2.05, 4.69) is 0 Å². The first-order valence-corrected chi connectivity index (χ1v) is 4.11. The fourth-order valence-electron chi connectivity index (χ4n) is 1.12. The highest BCUT2D eigenvalue weighted by molar-refractivity contribution is 5.39. The van der Waals surface area contributed by atoms with Crippen LogP contribution in [0.5, 0.6) is 0 Å². The van der Waals surface area contributed by atoms with Crippen molar-refractivity contribution in [1.82, 2.24) is 0 Å². The Labute approximate surface area is 80.7 Å². The van der Waals surface area contributed by atoms with Crippen LogP contribution in [-0.4, -0.2) is 4.92 Å². The van der Waals surface area contributed by atoms with E-state index in [1.165, 1.54) is 6.07 Å². The molecule has 1 aromatic rings. The Kier molecular flexibility index (Phi) is 2.55. The van der Waals surface area contributed by atoms with Crippen LogP contribution in [0.25, 0.3) is 0 Å². The summed E-state index contributed by atoms with van der Waals surface area (Å²) in [5.74, 6) is -0.252. The smallest absolute Gasteiger partial charge is 0.282 e. The predicted octanol–water partition coefficient (Wildman–Crippen LogP) is 0.934. The Bertz CT molecular complexity index is 376. The second kappa shape index (κ2) is 3.49. The highest BCUT2D eigenvalue weighted by Gasteiger charge is 2.17. The Morgan fingerprint density at radius 2 is 2.07 bits per heavy atom. The average Bonchev–Trinajstić information content (AvgIpc) is 2.08. The summed E-state index contributed by atoms with van der Waals surface area (Å²) in [6.45, 7) is 3.54. The maximum atomic E-state index is 11.4. The van der Waals surface area contributed by atoms with Gasteiger partial charge in [-0.3, -0.25) is 15.8 Å². The topological polar surface area (TPSA) is 96.1 Å². The lowest BCUT2D eigenvalue weighted by molar-refractivity contribution is -0.600. The van der Waals surface area contributed by atoms with Crippen molar-refractivity contribution in [2.75, 3.05) is 5.73 Å². The fourth-order valence-corrected chi connectivity index (χ4v) is 1.12. The molecule has 0 aliphatic carbocycles. The van der Waals surface area contributed by atoms with Crippen molar-refractivity contribution >= 4 is 11.5 Å². The predicted molar refractivity (Wildman–Crippen MR) is 50.6 cm³/mol. The molecular weight excluding hydrogens is 186 g/mol. The maximum absolute atomic E-state index is 11.4. The number of aromatic nitrogens is 1. The first kappa shape index (κ1) is 10.2. The van der Waals surface area contributed by atoms with Crippen LogP contribution in [0, 0.1) is 15.3 Å². The summed E-state index contributed by atoms with van der Waals surface area (Å²) >= 11 is 0. The highest BCUT2D eigenvalue weighted by atomic mass is 16.6. The molecule has 0 spiro atoms. The zero-order valence-corrected chi connectivity index (χ0v) is 7.93. The maximum Gasteiger partial charge on any atom is 0.282 e. The van der Waals surface area contributed by atoms with Crippen molar-refractivity contribution in [3.05, 3.63) is 33.1 Å². The lowest BCUT2D eigenvalue weighted by Gasteiger charge is -2.13. The van der Waals surface area contributed by atoms with Gasteiger partial charge < -0.3 is 5.21 Å². The van der Waals surface area contributed by atoms with Crippen molar-refractivity contribution in [3.8, 4) is 0 Å². The SMILES string of the molecule is CC(C)c1cc([N+](=O)[O-])cc(N)[n+]1[O-]. The summed E-state index contributed by atoms with van der Waals surface area (Å²) in [5, 5.41) is 21.8. The van der Waals surface area contributed by atoms with Crippen molar-refractivity contribution < 1.29 is 9.65 Å². The summed E-state index contributed by atoms with van der Waals surface area (Å²) in [7, 11) is 0. The summed E-state index contributed by atoms with van der Waals surface area (Å²) in [4.78, 5) is 9.91. The van der Waals surface area contributed by atoms with Crippen LogP contribution in [0.3, 0.4) is 0 Å². The summed E-state index contributed by atoms with van der Waals surface area (Å²) < 4.78 is 0.512. The molecule has 0 aromatic carbocycles. The summed E-state index contributed by atoms with van der Waals surface area (Å²) in [6.07, 6.45) is 0. The van der Waals surface area contributed by atoms with E-state index < -0.39 is 4.92 Å². The molecule has 0 saturated heterocycles. The molecule has 76 valence electrons. The first-order valence-electron chi connectivity index (χ1n) is 4.11. The van der Waals surface area contributed by atoms with E-state index in [0.29, 0.717) is 10.4 Å². The van der Waals surface area contributed by atoms with Crippen LogP contribution in [0.2, 0.25) is 0 Å². The normalized spacial score (nSPS) is 10.5. The third-order valence-electron chi connectivity index (χ3n) is 1.86. The number of nitro groups is 1. The molecule has 6 heteroatoms. The zero-order valence-electron chi connectivity index (χ0n) is 7.93. The third-order valence-corrected chi connectivity index (χ3v) is 1.86. The number of nitrogen functional groups attached to an aromatic ring is 1. The van der Waals surface area contributed by atoms with Gasteiger partial charge in [0.2, 0.25) is 0 Å². The Morgan fingerprint density at radius 3 is 2.50 bits per heavy atom. The lowest BCUT2D eigenvalue weighted by Crippen LogP contribution is -2.36. The van der Waals surface area contributed by atoms with Crippen molar-refractivity contribution in [2.24, 2.45) is 0 Å². The van der Waals surface area contributed by atoms with Crippen LogP contribution in [0.15, 0.2) is 12.1 Å². The van der Waals surface area contributed by atoms with E-state index in [-0.39, 0.29) is 17.4 Å². The number of hydrogen-bond acceptors (Lipinski definition) is 4. The second-order valence-electron chi connectivity index (χ2n) is 3.27. The molecule has 0 atom stereocenters. The van der Waals surface area contributed by atoms with Crippen LogP contribution in [-0.2, 0) is 0 Å². The Balaban J connectivity index is 3.35. The number of hydrogen-bond donors (Lipinski definition) is 1. The van der Waals surface area contributed by atoms with E-state index in [9.17, 15) is 15.3 Å². The number of nitrogens with two attached hydrogens (primary N) is 1. The Morgan fingerprint density at radius 1 is 1.50 bits per heavy atom. The van der Waals surface area contributed by atoms with E-state index in [1.807, 2.05) is 0 Å². The molecular formula is C8H11N3O3. The molecule has 0 aliphatic heterocycles. The van der Waals surface area contributed by atoms with Gasteiger partial charge in [0.1, 0.15) is 11.8 Å². The van der Waals surface area contributed by atoms with E-state index in [0.717, 1.165) is 6.07 Å². The minimum atomic E-state index is -0.567. The Hall–Kier alpha value is -1.85. The number of anilines is 1. The van der Waals surface area contributed by atoms with Crippen molar-refractivity contribution in [3.63, 3.8) is 0 Å². The monoisotopic (exact) mass is 197 g/mol. The van der Waals surface area contributed by atoms with E-state index in [1.54, 1.807) is 13.8 Å². The molecule has 1 aromatic heterocycles. The first-order chi connectivity index (χ1) is 6.43. The van der Waals surface area contributed by atoms with Crippen LogP contribution < -0.4 is 10.5 Å². The van der Waals surface area contributed by atoms with E-state index >= 15 is 0 Å². The second-order valence-corrected chi connectivity index (χ2v) is 3.27. The number of nitrogens with zero attached hydrogens (tertiary/aromatic N) is 2. The molecule has 0 saturated carbocycles. The molecule has 1 rings (SSSR count). The number of rotatable bonds is 2. The van der Waals surface area contributed by atoms with Gasteiger partial charge in [-0.15, -0.1) is 0 Å². The average molecular weight is 197 g/mol. The highest BCUT2D eigenvalue weighted by Crippen LogP contribution is 2.19. The molecule has 0 aliphatic rings. The van der Waals surface area contributed by atoms with Gasteiger partial charge in [0.05, 0.1) is 11.0 Å². The van der Waals surface area contributed by atoms with E-state index in [4.69, 9.17) is 5.73 Å². The molecule has 0 unspecified atom stereocenters. The number of pyridine rings is 1. The van der Waals surface area contributed by atoms with Gasteiger partial charge in [0.15, 0.2) is 0 Å². The molecule has 0 amide bonds. The summed E-state index contributed by atoms with van der Waals surface area (Å²) in [6, 6.07) is 2.30. The lowest BCUT2D eigenvalue weighted by atomic mass is 10.1. The minimum absolute atomic E-state index is 0.102. The van der Waals surface area contributed by atoms with Gasteiger partial charge in [-0.05, 0) is 0 Å². The summed E-state index contributed by atoms with van der Waals surface area (Å²) in [5.41, 5.74) is 5.49. The van der Waals surface area contributed by atoms with Gasteiger partial charge in [0, 0.05) is 5.92 Å². The molecule has 2 N–H and O–H groups in total. The van der Waals surface area contributed by atoms with Gasteiger partial charge in [-0.1, -0.05) is 13.8 Å². The van der Waals surface area contributed by atoms with Crippen molar-refractivity contribution in [2.45, 2.75) is 19.8 Å². The zero-order chi connectivity index (χ0) is 10.9. The molecule has 0 bridgehead atoms. The standard InChI is InChI=1S/C8H11N3O3/c1-5(2)7-3-6(11(13)14)4-8(9)10(7)12/h3-5H,9H2,1-2H3. The van der Waals surface area contributed by atoms with Gasteiger partial charge in [0.25, 0.3) is 11.5 Å². The third kappa shape index (κ3) is 1.73. The molecule has 1 heterocycles. The largest absolute Gasteiger partial charge is 0.710 e. The molecule has 14 heavy (non-hydrogen) atoms. The van der Waals surface area contributed by atoms with Gasteiger partial charge >= 0.3 is 0 Å². The molecule has 0 fully saturated rings. The van der Waals surface area contributed by atoms with Crippen LogP contribution >= 0.6 is 0 Å². The van der Waals surface area contributed by atoms with Crippen LogP contribution in [0.1, 0.15) is 25.5 Å².